The molecule has 23 heavy (non-hydrogen) atoms. The third kappa shape index (κ3) is 3.55. The van der Waals surface area contributed by atoms with Crippen LogP contribution < -0.4 is 9.30 Å². The SMILES string of the molecule is C[C@H](C(=O)Oc1ccc2ccc[n+](C)c2c1)c1ccccc1.[OH-]. The van der Waals surface area contributed by atoms with E-state index in [1.165, 1.54) is 0 Å². The maximum Gasteiger partial charge on any atom is 0.318 e. The maximum absolute atomic E-state index is 12.3. The Bertz CT molecular complexity index is 815. The number of hydrogen-bond donors (Lipinski definition) is 0. The Balaban J connectivity index is 0.00000192. The number of nitrogens with zero attached hydrogens (tertiary/aromatic N) is 1. The van der Waals surface area contributed by atoms with Gasteiger partial charge in [0.2, 0.25) is 5.52 Å². The van der Waals surface area contributed by atoms with E-state index in [1.807, 2.05) is 85.4 Å². The lowest BCUT2D eigenvalue weighted by Crippen LogP contribution is -2.27. The van der Waals surface area contributed by atoms with Crippen molar-refractivity contribution >= 4 is 16.9 Å². The number of aromatic nitrogens is 1. The van der Waals surface area contributed by atoms with Gasteiger partial charge in [-0.3, -0.25) is 4.79 Å². The first-order chi connectivity index (χ1) is 10.6. The van der Waals surface area contributed by atoms with E-state index in [0.717, 1.165) is 16.5 Å². The molecule has 0 bridgehead atoms. The molecule has 2 aromatic carbocycles. The standard InChI is InChI=1S/C19H18NO2.H2O/c1-14(15-7-4-3-5-8-15)19(21)22-17-11-10-16-9-6-12-20(2)18(16)13-17;/h3-14H,1-2H3;1H2/q+1;/p-1/t14-;/m0./s1. The second kappa shape index (κ2) is 7.03. The number of rotatable bonds is 3. The Labute approximate surface area is 135 Å². The van der Waals surface area contributed by atoms with Crippen LogP contribution in [0.2, 0.25) is 0 Å². The summed E-state index contributed by atoms with van der Waals surface area (Å²) in [4.78, 5) is 12.3. The highest BCUT2D eigenvalue weighted by Crippen LogP contribution is 2.21. The smallest absolute Gasteiger partial charge is 0.318 e. The van der Waals surface area contributed by atoms with Gasteiger partial charge in [0, 0.05) is 11.5 Å². The largest absolute Gasteiger partial charge is 0.870 e. The summed E-state index contributed by atoms with van der Waals surface area (Å²) in [6.45, 7) is 1.86. The van der Waals surface area contributed by atoms with Crippen LogP contribution in [0.5, 0.6) is 5.75 Å². The van der Waals surface area contributed by atoms with Gasteiger partial charge in [0.1, 0.15) is 12.8 Å². The lowest BCUT2D eigenvalue weighted by Gasteiger charge is -2.11. The Kier molecular flexibility index (Phi) is 5.09. The number of pyridine rings is 1. The van der Waals surface area contributed by atoms with Gasteiger partial charge in [-0.1, -0.05) is 30.3 Å². The number of benzene rings is 2. The molecular weight excluding hydrogens is 290 g/mol. The lowest BCUT2D eigenvalue weighted by atomic mass is 10.0. The van der Waals surface area contributed by atoms with Crippen LogP contribution in [0.1, 0.15) is 18.4 Å². The molecule has 3 aromatic rings. The Morgan fingerprint density at radius 1 is 1.04 bits per heavy atom. The van der Waals surface area contributed by atoms with Gasteiger partial charge in [-0.15, -0.1) is 0 Å². The molecule has 4 nitrogen and oxygen atoms in total. The van der Waals surface area contributed by atoms with E-state index < -0.39 is 0 Å². The molecular formula is C19H19NO3. The van der Waals surface area contributed by atoms with E-state index in [2.05, 4.69) is 0 Å². The van der Waals surface area contributed by atoms with Crippen molar-refractivity contribution in [3.8, 4) is 5.75 Å². The predicted octanol–water partition coefficient (Wildman–Crippen LogP) is 3.20. The summed E-state index contributed by atoms with van der Waals surface area (Å²) in [7, 11) is 1.97. The predicted molar refractivity (Wildman–Crippen MR) is 87.6 cm³/mol. The Hall–Kier alpha value is -2.72. The third-order valence-corrected chi connectivity index (χ3v) is 3.84. The van der Waals surface area contributed by atoms with Crippen LogP contribution in [0, 0.1) is 0 Å². The van der Waals surface area contributed by atoms with Crippen LogP contribution in [0.25, 0.3) is 10.9 Å². The highest BCUT2D eigenvalue weighted by molar-refractivity contribution is 5.82. The quantitative estimate of drug-likeness (QED) is 0.424. The van der Waals surface area contributed by atoms with E-state index in [9.17, 15) is 4.79 Å². The molecule has 1 aromatic heterocycles. The number of hydrogen-bond acceptors (Lipinski definition) is 3. The van der Waals surface area contributed by atoms with Crippen molar-refractivity contribution in [2.45, 2.75) is 12.8 Å². The molecule has 118 valence electrons. The van der Waals surface area contributed by atoms with Crippen LogP contribution in [-0.4, -0.2) is 11.4 Å². The van der Waals surface area contributed by atoms with Gasteiger partial charge in [0.25, 0.3) is 0 Å². The molecule has 0 radical (unpaired) electrons. The van der Waals surface area contributed by atoms with E-state index in [4.69, 9.17) is 4.74 Å². The first kappa shape index (κ1) is 16.6. The number of carbonyl (C=O) groups excluding carboxylic acids is 1. The summed E-state index contributed by atoms with van der Waals surface area (Å²) in [6.07, 6.45) is 1.97. The number of fused-ring (bicyclic) bond motifs is 1. The summed E-state index contributed by atoms with van der Waals surface area (Å²) in [5, 5.41) is 1.11. The fourth-order valence-corrected chi connectivity index (χ4v) is 2.47. The second-order valence-corrected chi connectivity index (χ2v) is 5.39. The van der Waals surface area contributed by atoms with Crippen molar-refractivity contribution in [1.82, 2.24) is 0 Å². The van der Waals surface area contributed by atoms with Gasteiger partial charge in [0.05, 0.1) is 12.0 Å². The molecule has 0 aliphatic rings. The molecule has 0 saturated heterocycles. The van der Waals surface area contributed by atoms with Crippen LogP contribution in [-0.2, 0) is 11.8 Å². The average molecular weight is 309 g/mol. The fourth-order valence-electron chi connectivity index (χ4n) is 2.47. The van der Waals surface area contributed by atoms with Crippen LogP contribution >= 0.6 is 0 Å². The molecule has 1 heterocycles. The number of carbonyl (C=O) groups is 1. The average Bonchev–Trinajstić information content (AvgIpc) is 2.55. The third-order valence-electron chi connectivity index (χ3n) is 3.84. The molecule has 0 amide bonds. The topological polar surface area (TPSA) is 60.2 Å². The van der Waals surface area contributed by atoms with Gasteiger partial charge >= 0.3 is 5.97 Å². The number of aryl methyl sites for hydroxylation is 1. The van der Waals surface area contributed by atoms with E-state index in [1.54, 1.807) is 0 Å². The molecule has 0 aliphatic carbocycles. The van der Waals surface area contributed by atoms with Crippen LogP contribution in [0.3, 0.4) is 0 Å². The van der Waals surface area contributed by atoms with E-state index in [-0.39, 0.29) is 17.4 Å². The zero-order valence-corrected chi connectivity index (χ0v) is 13.1. The van der Waals surface area contributed by atoms with E-state index >= 15 is 0 Å². The normalized spacial score (nSPS) is 11.6. The van der Waals surface area contributed by atoms with Crippen molar-refractivity contribution in [3.63, 3.8) is 0 Å². The molecule has 4 heteroatoms. The summed E-state index contributed by atoms with van der Waals surface area (Å²) in [5.74, 6) is 0.0348. The molecule has 1 atom stereocenters. The van der Waals surface area contributed by atoms with Crippen LogP contribution in [0.4, 0.5) is 0 Å². The van der Waals surface area contributed by atoms with E-state index in [0.29, 0.717) is 5.75 Å². The highest BCUT2D eigenvalue weighted by atomic mass is 16.5. The van der Waals surface area contributed by atoms with Gasteiger partial charge in [-0.2, -0.15) is 0 Å². The fraction of sp³-hybridized carbons (Fsp3) is 0.158. The Morgan fingerprint density at radius 2 is 1.78 bits per heavy atom. The van der Waals surface area contributed by atoms with Crippen molar-refractivity contribution in [1.29, 1.82) is 0 Å². The zero-order valence-electron chi connectivity index (χ0n) is 13.1. The van der Waals surface area contributed by atoms with Crippen molar-refractivity contribution in [2.75, 3.05) is 0 Å². The monoisotopic (exact) mass is 309 g/mol. The summed E-state index contributed by atoms with van der Waals surface area (Å²) < 4.78 is 7.55. The molecule has 0 unspecified atom stereocenters. The van der Waals surface area contributed by atoms with Crippen LogP contribution in [0.15, 0.2) is 66.9 Å². The minimum Gasteiger partial charge on any atom is -0.870 e. The number of esters is 1. The van der Waals surface area contributed by atoms with Gasteiger partial charge in [0.15, 0.2) is 6.20 Å². The maximum atomic E-state index is 12.3. The Morgan fingerprint density at radius 3 is 2.52 bits per heavy atom. The highest BCUT2D eigenvalue weighted by Gasteiger charge is 2.18. The van der Waals surface area contributed by atoms with Crippen molar-refractivity contribution in [3.05, 3.63) is 72.4 Å². The minimum atomic E-state index is -0.290. The lowest BCUT2D eigenvalue weighted by molar-refractivity contribution is -0.644. The summed E-state index contributed by atoms with van der Waals surface area (Å²) in [6, 6.07) is 19.4. The summed E-state index contributed by atoms with van der Waals surface area (Å²) >= 11 is 0. The van der Waals surface area contributed by atoms with Gasteiger partial charge in [-0.05, 0) is 30.7 Å². The molecule has 3 rings (SSSR count). The van der Waals surface area contributed by atoms with Crippen molar-refractivity contribution < 1.29 is 19.6 Å². The van der Waals surface area contributed by atoms with Gasteiger partial charge < -0.3 is 10.2 Å². The molecule has 0 fully saturated rings. The zero-order chi connectivity index (χ0) is 15.5. The second-order valence-electron chi connectivity index (χ2n) is 5.39. The minimum absolute atomic E-state index is 0. The first-order valence-electron chi connectivity index (χ1n) is 7.30. The van der Waals surface area contributed by atoms with Crippen molar-refractivity contribution in [2.24, 2.45) is 7.05 Å². The van der Waals surface area contributed by atoms with Gasteiger partial charge in [-0.25, -0.2) is 4.57 Å². The molecule has 0 saturated carbocycles. The molecule has 0 spiro atoms. The summed E-state index contributed by atoms with van der Waals surface area (Å²) in [5.41, 5.74) is 1.99. The molecule has 0 aliphatic heterocycles. The number of ether oxygens (including phenoxy) is 1. The molecule has 1 N–H and O–H groups in total. The first-order valence-corrected chi connectivity index (χ1v) is 7.30.